The maximum absolute atomic E-state index is 9.92. The van der Waals surface area contributed by atoms with Gasteiger partial charge in [-0.05, 0) is 0 Å². The summed E-state index contributed by atoms with van der Waals surface area (Å²) in [5.74, 6) is 0.0275. The summed E-state index contributed by atoms with van der Waals surface area (Å²) in [5, 5.41) is 9.64. The molecule has 5 heteroatoms. The molecule has 4 nitrogen and oxygen atoms in total. The van der Waals surface area contributed by atoms with Crippen molar-refractivity contribution >= 4 is 10.7 Å². The molecule has 0 aromatic rings. The van der Waals surface area contributed by atoms with Gasteiger partial charge in [0.05, 0.1) is 5.75 Å². The molecule has 1 N–H and O–H groups in total. The maximum Gasteiger partial charge on any atom is 0.141 e. The third-order valence-electron chi connectivity index (χ3n) is 0.906. The molecule has 0 fully saturated rings. The molecule has 0 saturated heterocycles. The Morgan fingerprint density at radius 3 is 2.44 bits per heavy atom. The minimum absolute atomic E-state index is 0.0275. The zero-order chi connectivity index (χ0) is 7.28. The van der Waals surface area contributed by atoms with Crippen molar-refractivity contribution in [1.29, 1.82) is 0 Å². The van der Waals surface area contributed by atoms with Crippen molar-refractivity contribution in [1.82, 2.24) is 5.06 Å². The first-order valence-corrected chi connectivity index (χ1v) is 4.08. The van der Waals surface area contributed by atoms with E-state index in [0.29, 0.717) is 6.54 Å². The van der Waals surface area contributed by atoms with Gasteiger partial charge in [-0.2, -0.15) is 5.06 Å². The van der Waals surface area contributed by atoms with Crippen LogP contribution in [0.15, 0.2) is 0 Å². The maximum atomic E-state index is 9.92. The van der Waals surface area contributed by atoms with Crippen molar-refractivity contribution in [3.63, 3.8) is 0 Å². The first kappa shape index (κ1) is 8.87. The normalized spacial score (nSPS) is 11.1. The van der Waals surface area contributed by atoms with E-state index in [4.69, 9.17) is 5.21 Å². The lowest BCUT2D eigenvalue weighted by molar-refractivity contribution is -0.0804. The quantitative estimate of drug-likeness (QED) is 0.414. The van der Waals surface area contributed by atoms with E-state index in [0.717, 1.165) is 5.06 Å². The van der Waals surface area contributed by atoms with Gasteiger partial charge in [-0.3, -0.25) is 0 Å². The Labute approximate surface area is 56.0 Å². The van der Waals surface area contributed by atoms with Crippen LogP contribution in [0, 0.1) is 0 Å². The molecule has 0 amide bonds. The van der Waals surface area contributed by atoms with Crippen LogP contribution in [0.1, 0.15) is 6.92 Å². The minimum atomic E-state index is -2.34. The van der Waals surface area contributed by atoms with Gasteiger partial charge < -0.3 is 5.21 Å². The monoisotopic (exact) mass is 153 g/mol. The van der Waals surface area contributed by atoms with Crippen molar-refractivity contribution in [2.24, 2.45) is 0 Å². The van der Waals surface area contributed by atoms with Gasteiger partial charge in [0, 0.05) is 13.1 Å². The summed E-state index contributed by atoms with van der Waals surface area (Å²) < 4.78 is 19.8. The van der Waals surface area contributed by atoms with Crippen LogP contribution in [0.4, 0.5) is 0 Å². The van der Waals surface area contributed by atoms with Gasteiger partial charge in [-0.25, -0.2) is 8.42 Å². The Morgan fingerprint density at radius 2 is 2.11 bits per heavy atom. The highest BCUT2D eigenvalue weighted by molar-refractivity contribution is 7.72. The molecule has 0 rings (SSSR count). The molecule has 0 aromatic carbocycles. The van der Waals surface area contributed by atoms with E-state index in [1.54, 1.807) is 6.92 Å². The standard InChI is InChI=1S/C4H11NO3S/c1-2-5(6)3-4-9(7)8/h6,9H,2-4H2,1H3. The average Bonchev–Trinajstić information content (AvgIpc) is 1.83. The highest BCUT2D eigenvalue weighted by Gasteiger charge is 1.94. The number of hydroxylamine groups is 2. The van der Waals surface area contributed by atoms with Gasteiger partial charge in [0.15, 0.2) is 0 Å². The number of rotatable bonds is 4. The molecule has 0 spiro atoms. The summed E-state index contributed by atoms with van der Waals surface area (Å²) in [7, 11) is -2.34. The third kappa shape index (κ3) is 5.75. The van der Waals surface area contributed by atoms with E-state index >= 15 is 0 Å². The molecule has 0 aromatic heterocycles. The van der Waals surface area contributed by atoms with Crippen molar-refractivity contribution in [3.8, 4) is 0 Å². The summed E-state index contributed by atoms with van der Waals surface area (Å²) >= 11 is 0. The predicted octanol–water partition coefficient (Wildman–Crippen LogP) is -0.691. The molecule has 0 atom stereocenters. The van der Waals surface area contributed by atoms with Crippen LogP contribution in [0.3, 0.4) is 0 Å². The fraction of sp³-hybridized carbons (Fsp3) is 1.00. The zero-order valence-electron chi connectivity index (χ0n) is 5.28. The third-order valence-corrected chi connectivity index (χ3v) is 1.47. The molecular weight excluding hydrogens is 142 g/mol. The van der Waals surface area contributed by atoms with Gasteiger partial charge in [0.2, 0.25) is 0 Å². The lowest BCUT2D eigenvalue weighted by Gasteiger charge is -2.07. The molecule has 0 bridgehead atoms. The molecule has 0 aliphatic rings. The van der Waals surface area contributed by atoms with Crippen LogP contribution in [0.2, 0.25) is 0 Å². The first-order valence-electron chi connectivity index (χ1n) is 2.72. The van der Waals surface area contributed by atoms with Crippen molar-refractivity contribution < 1.29 is 13.6 Å². The summed E-state index contributed by atoms with van der Waals surface area (Å²) in [6, 6.07) is 0. The molecular formula is C4H11NO3S. The second kappa shape index (κ2) is 4.72. The molecule has 0 radical (unpaired) electrons. The van der Waals surface area contributed by atoms with Crippen molar-refractivity contribution in [2.45, 2.75) is 6.92 Å². The number of hydrogen-bond donors (Lipinski definition) is 2. The van der Waals surface area contributed by atoms with Crippen molar-refractivity contribution in [3.05, 3.63) is 0 Å². The first-order chi connectivity index (χ1) is 4.16. The van der Waals surface area contributed by atoms with Gasteiger partial charge in [-0.1, -0.05) is 6.92 Å². The SMILES string of the molecule is CCN(O)CC[SH](=O)=O. The van der Waals surface area contributed by atoms with Gasteiger partial charge in [0.25, 0.3) is 0 Å². The summed E-state index contributed by atoms with van der Waals surface area (Å²) in [4.78, 5) is 0. The Hall–Kier alpha value is -0.130. The lowest BCUT2D eigenvalue weighted by Crippen LogP contribution is -2.22. The van der Waals surface area contributed by atoms with Crippen LogP contribution in [0.25, 0.3) is 0 Å². The second-order valence-electron chi connectivity index (χ2n) is 1.60. The van der Waals surface area contributed by atoms with E-state index in [1.165, 1.54) is 0 Å². The molecule has 0 aliphatic carbocycles. The van der Waals surface area contributed by atoms with Crippen LogP contribution >= 0.6 is 0 Å². The highest BCUT2D eigenvalue weighted by Crippen LogP contribution is 1.78. The molecule has 0 heterocycles. The van der Waals surface area contributed by atoms with Crippen LogP contribution in [-0.4, -0.2) is 37.5 Å². The topological polar surface area (TPSA) is 57.6 Å². The lowest BCUT2D eigenvalue weighted by atomic mass is 10.6. The summed E-state index contributed by atoms with van der Waals surface area (Å²) in [6.45, 7) is 2.41. The van der Waals surface area contributed by atoms with Crippen LogP contribution in [0.5, 0.6) is 0 Å². The molecule has 0 unspecified atom stereocenters. The fourth-order valence-corrected chi connectivity index (χ4v) is 0.749. The Bertz CT molecular complexity index is 126. The van der Waals surface area contributed by atoms with Crippen LogP contribution < -0.4 is 0 Å². The fourth-order valence-electron chi connectivity index (χ4n) is 0.355. The van der Waals surface area contributed by atoms with E-state index in [-0.39, 0.29) is 12.3 Å². The molecule has 0 aliphatic heterocycles. The Morgan fingerprint density at radius 1 is 1.56 bits per heavy atom. The highest BCUT2D eigenvalue weighted by atomic mass is 32.2. The number of thiol groups is 1. The molecule has 9 heavy (non-hydrogen) atoms. The van der Waals surface area contributed by atoms with Crippen LogP contribution in [-0.2, 0) is 10.7 Å². The van der Waals surface area contributed by atoms with Gasteiger partial charge in [-0.15, -0.1) is 0 Å². The van der Waals surface area contributed by atoms with Gasteiger partial charge in [0.1, 0.15) is 10.7 Å². The Balaban J connectivity index is 3.27. The minimum Gasteiger partial charge on any atom is -0.314 e. The zero-order valence-corrected chi connectivity index (χ0v) is 6.17. The summed E-state index contributed by atoms with van der Waals surface area (Å²) in [6.07, 6.45) is 0. The molecule has 56 valence electrons. The van der Waals surface area contributed by atoms with E-state index in [9.17, 15) is 8.42 Å². The molecule has 0 saturated carbocycles. The predicted molar refractivity (Wildman–Crippen MR) is 34.2 cm³/mol. The average molecular weight is 153 g/mol. The number of hydrogen-bond acceptors (Lipinski definition) is 4. The van der Waals surface area contributed by atoms with E-state index in [1.807, 2.05) is 0 Å². The van der Waals surface area contributed by atoms with E-state index in [2.05, 4.69) is 0 Å². The van der Waals surface area contributed by atoms with Gasteiger partial charge >= 0.3 is 0 Å². The smallest absolute Gasteiger partial charge is 0.141 e. The number of nitrogens with zero attached hydrogens (tertiary/aromatic N) is 1. The second-order valence-corrected chi connectivity index (χ2v) is 2.72. The summed E-state index contributed by atoms with van der Waals surface area (Å²) in [5.41, 5.74) is 0. The van der Waals surface area contributed by atoms with E-state index < -0.39 is 10.7 Å². The largest absolute Gasteiger partial charge is 0.314 e. The Kier molecular flexibility index (Phi) is 4.65. The van der Waals surface area contributed by atoms with Crippen molar-refractivity contribution in [2.75, 3.05) is 18.8 Å².